The number of halogens is 2. The van der Waals surface area contributed by atoms with Crippen molar-refractivity contribution in [3.8, 4) is 0 Å². The normalized spacial score (nSPS) is 11.1. The molecule has 0 aliphatic rings. The molecule has 0 spiro atoms. The van der Waals surface area contributed by atoms with E-state index in [0.29, 0.717) is 10.2 Å². The van der Waals surface area contributed by atoms with Crippen LogP contribution in [0.25, 0.3) is 0 Å². The van der Waals surface area contributed by atoms with Crippen LogP contribution in [0.15, 0.2) is 38.8 Å². The van der Waals surface area contributed by atoms with Crippen LogP contribution in [-0.4, -0.2) is 17.0 Å². The molecule has 1 aromatic rings. The van der Waals surface area contributed by atoms with Gasteiger partial charge in [0.15, 0.2) is 0 Å². The summed E-state index contributed by atoms with van der Waals surface area (Å²) in [6.07, 6.45) is 1.04. The van der Waals surface area contributed by atoms with Crippen LogP contribution >= 0.6 is 31.9 Å². The summed E-state index contributed by atoms with van der Waals surface area (Å²) in [6.45, 7) is 1.36. The summed E-state index contributed by atoms with van der Waals surface area (Å²) < 4.78 is 1.58. The number of amides is 1. The summed E-state index contributed by atoms with van der Waals surface area (Å²) in [4.78, 5) is 22.0. The van der Waals surface area contributed by atoms with Crippen molar-refractivity contribution in [2.45, 2.75) is 6.92 Å². The molecule has 1 amide bonds. The first kappa shape index (κ1) is 13.9. The summed E-state index contributed by atoms with van der Waals surface area (Å²) in [5, 5.41) is 11.2. The zero-order valence-corrected chi connectivity index (χ0v) is 12.0. The number of rotatable bonds is 3. The second-order valence-electron chi connectivity index (χ2n) is 3.25. The predicted octanol–water partition coefficient (Wildman–Crippen LogP) is 3.18. The van der Waals surface area contributed by atoms with Crippen molar-refractivity contribution in [3.63, 3.8) is 0 Å². The van der Waals surface area contributed by atoms with Crippen molar-refractivity contribution >= 4 is 49.4 Å². The number of aliphatic carboxylic acids is 1. The molecule has 17 heavy (non-hydrogen) atoms. The van der Waals surface area contributed by atoms with Crippen molar-refractivity contribution in [2.75, 3.05) is 5.32 Å². The molecule has 0 fully saturated rings. The lowest BCUT2D eigenvalue weighted by molar-refractivity contribution is -0.132. The molecule has 0 heterocycles. The highest BCUT2D eigenvalue weighted by atomic mass is 79.9. The Kier molecular flexibility index (Phi) is 4.89. The molecule has 0 saturated carbocycles. The fraction of sp³-hybridized carbons (Fsp3) is 0.0909. The van der Waals surface area contributed by atoms with Gasteiger partial charge >= 0.3 is 5.97 Å². The van der Waals surface area contributed by atoms with Gasteiger partial charge in [-0.3, -0.25) is 4.79 Å². The van der Waals surface area contributed by atoms with Crippen LogP contribution in [0, 0.1) is 0 Å². The van der Waals surface area contributed by atoms with E-state index in [2.05, 4.69) is 37.2 Å². The van der Waals surface area contributed by atoms with E-state index in [1.54, 1.807) is 18.2 Å². The molecular formula is C11H9Br2NO3. The molecule has 0 aromatic heterocycles. The maximum Gasteiger partial charge on any atom is 0.331 e. The number of carbonyl (C=O) groups excluding carboxylic acids is 1. The van der Waals surface area contributed by atoms with E-state index in [4.69, 9.17) is 5.11 Å². The number of carbonyl (C=O) groups is 2. The fourth-order valence-electron chi connectivity index (χ4n) is 1.02. The zero-order valence-electron chi connectivity index (χ0n) is 8.83. The van der Waals surface area contributed by atoms with Crippen LogP contribution in [0.1, 0.15) is 6.92 Å². The van der Waals surface area contributed by atoms with Gasteiger partial charge in [0.05, 0.1) is 5.69 Å². The number of hydrogen-bond donors (Lipinski definition) is 2. The molecule has 0 radical (unpaired) electrons. The summed E-state index contributed by atoms with van der Waals surface area (Å²) in [7, 11) is 0. The molecule has 0 bridgehead atoms. The lowest BCUT2D eigenvalue weighted by atomic mass is 10.2. The molecule has 4 nitrogen and oxygen atoms in total. The summed E-state index contributed by atoms with van der Waals surface area (Å²) in [5.74, 6) is -1.59. The number of benzene rings is 1. The third kappa shape index (κ3) is 4.32. The van der Waals surface area contributed by atoms with E-state index in [1.165, 1.54) is 6.92 Å². The monoisotopic (exact) mass is 361 g/mol. The molecule has 0 aliphatic carbocycles. The highest BCUT2D eigenvalue weighted by Gasteiger charge is 2.06. The van der Waals surface area contributed by atoms with Crippen molar-refractivity contribution in [1.29, 1.82) is 0 Å². The van der Waals surface area contributed by atoms with Gasteiger partial charge in [0, 0.05) is 20.6 Å². The van der Waals surface area contributed by atoms with Gasteiger partial charge in [-0.25, -0.2) is 4.79 Å². The topological polar surface area (TPSA) is 66.4 Å². The lowest BCUT2D eigenvalue weighted by Crippen LogP contribution is -2.11. The Bertz CT molecular complexity index is 497. The smallest absolute Gasteiger partial charge is 0.331 e. The van der Waals surface area contributed by atoms with Crippen LogP contribution in [0.4, 0.5) is 5.69 Å². The number of hydrogen-bond acceptors (Lipinski definition) is 2. The quantitative estimate of drug-likeness (QED) is 0.811. The average Bonchev–Trinajstić information content (AvgIpc) is 2.22. The average molecular weight is 363 g/mol. The second-order valence-corrected chi connectivity index (χ2v) is 5.02. The van der Waals surface area contributed by atoms with Gasteiger partial charge in [0.25, 0.3) is 0 Å². The summed E-state index contributed by atoms with van der Waals surface area (Å²) in [5.41, 5.74) is 0.559. The third-order valence-corrected chi connectivity index (χ3v) is 3.02. The molecular weight excluding hydrogens is 354 g/mol. The molecule has 6 heteroatoms. The van der Waals surface area contributed by atoms with E-state index >= 15 is 0 Å². The van der Waals surface area contributed by atoms with Crippen molar-refractivity contribution in [2.24, 2.45) is 0 Å². The van der Waals surface area contributed by atoms with Crippen molar-refractivity contribution < 1.29 is 14.7 Å². The van der Waals surface area contributed by atoms with E-state index in [9.17, 15) is 9.59 Å². The molecule has 0 unspecified atom stereocenters. The van der Waals surface area contributed by atoms with Gasteiger partial charge in [-0.15, -0.1) is 0 Å². The Morgan fingerprint density at radius 2 is 2.00 bits per heavy atom. The number of anilines is 1. The fourth-order valence-corrected chi connectivity index (χ4v) is 2.16. The first-order chi connectivity index (χ1) is 7.90. The second kappa shape index (κ2) is 5.97. The minimum absolute atomic E-state index is 0.0178. The first-order valence-electron chi connectivity index (χ1n) is 4.58. The Morgan fingerprint density at radius 1 is 1.35 bits per heavy atom. The SMILES string of the molecule is C/C(=C\C(=O)Nc1ccc(Br)cc1Br)C(=O)O. The van der Waals surface area contributed by atoms with Gasteiger partial charge < -0.3 is 10.4 Å². The Morgan fingerprint density at radius 3 is 2.53 bits per heavy atom. The molecule has 2 N–H and O–H groups in total. The van der Waals surface area contributed by atoms with Crippen molar-refractivity contribution in [3.05, 3.63) is 38.8 Å². The summed E-state index contributed by atoms with van der Waals surface area (Å²) in [6, 6.07) is 5.26. The van der Waals surface area contributed by atoms with Crippen LogP contribution in [0.3, 0.4) is 0 Å². The molecule has 0 saturated heterocycles. The molecule has 1 rings (SSSR count). The number of nitrogens with one attached hydrogen (secondary N) is 1. The zero-order chi connectivity index (χ0) is 13.0. The van der Waals surface area contributed by atoms with E-state index < -0.39 is 11.9 Å². The van der Waals surface area contributed by atoms with Crippen LogP contribution in [-0.2, 0) is 9.59 Å². The van der Waals surface area contributed by atoms with E-state index in [0.717, 1.165) is 10.5 Å². The van der Waals surface area contributed by atoms with Gasteiger partial charge in [0.2, 0.25) is 5.91 Å². The van der Waals surface area contributed by atoms with Gasteiger partial charge in [0.1, 0.15) is 0 Å². The van der Waals surface area contributed by atoms with Gasteiger partial charge in [-0.1, -0.05) is 15.9 Å². The highest BCUT2D eigenvalue weighted by molar-refractivity contribution is 9.11. The molecule has 0 atom stereocenters. The summed E-state index contributed by atoms with van der Waals surface area (Å²) >= 11 is 6.58. The van der Waals surface area contributed by atoms with E-state index in [-0.39, 0.29) is 5.57 Å². The third-order valence-electron chi connectivity index (χ3n) is 1.87. The molecule has 0 aliphatic heterocycles. The maximum absolute atomic E-state index is 11.5. The standard InChI is InChI=1S/C11H9Br2NO3/c1-6(11(16)17)4-10(15)14-9-3-2-7(12)5-8(9)13/h2-5H,1H3,(H,14,15)(H,16,17)/b6-4+. The number of carboxylic acid groups (broad SMARTS) is 1. The van der Waals surface area contributed by atoms with Gasteiger partial charge in [-0.2, -0.15) is 0 Å². The maximum atomic E-state index is 11.5. The molecule has 90 valence electrons. The van der Waals surface area contributed by atoms with Crippen molar-refractivity contribution in [1.82, 2.24) is 0 Å². The minimum Gasteiger partial charge on any atom is -0.478 e. The van der Waals surface area contributed by atoms with Gasteiger partial charge in [-0.05, 0) is 41.1 Å². The van der Waals surface area contributed by atoms with Crippen LogP contribution in [0.5, 0.6) is 0 Å². The first-order valence-corrected chi connectivity index (χ1v) is 6.16. The predicted molar refractivity (Wildman–Crippen MR) is 71.9 cm³/mol. The van der Waals surface area contributed by atoms with Crippen LogP contribution in [0.2, 0.25) is 0 Å². The minimum atomic E-state index is -1.12. The van der Waals surface area contributed by atoms with E-state index in [1.807, 2.05) is 0 Å². The van der Waals surface area contributed by atoms with Crippen LogP contribution < -0.4 is 5.32 Å². The Balaban J connectivity index is 2.82. The largest absolute Gasteiger partial charge is 0.478 e. The molecule has 1 aromatic carbocycles. The number of carboxylic acids is 1. The Hall–Kier alpha value is -1.14. The lowest BCUT2D eigenvalue weighted by Gasteiger charge is -2.05. The highest BCUT2D eigenvalue weighted by Crippen LogP contribution is 2.26. The Labute approximate surface area is 115 Å².